The molecule has 0 amide bonds. The smallest absolute Gasteiger partial charge is 0.124 e. The molecule has 0 saturated heterocycles. The fourth-order valence-electron chi connectivity index (χ4n) is 2.30. The minimum Gasteiger partial charge on any atom is -0.271 e. The maximum absolute atomic E-state index is 13.2. The van der Waals surface area contributed by atoms with Gasteiger partial charge in [0, 0.05) is 17.4 Å². The lowest BCUT2D eigenvalue weighted by molar-refractivity contribution is 0.513. The van der Waals surface area contributed by atoms with E-state index in [1.165, 1.54) is 12.1 Å². The molecular weight excluding hydrogens is 403 g/mol. The number of nitrogens with zero attached hydrogens (tertiary/aromatic N) is 2. The molecule has 1 atom stereocenters. The first-order valence-electron chi connectivity index (χ1n) is 6.60. The van der Waals surface area contributed by atoms with Crippen LogP contribution in [0.4, 0.5) is 4.39 Å². The zero-order chi connectivity index (χ0) is 15.6. The van der Waals surface area contributed by atoms with Crippen molar-refractivity contribution >= 4 is 31.9 Å². The summed E-state index contributed by atoms with van der Waals surface area (Å²) in [7, 11) is 0. The van der Waals surface area contributed by atoms with E-state index in [9.17, 15) is 4.39 Å². The third-order valence-electron chi connectivity index (χ3n) is 3.39. The molecule has 2 rings (SSSR count). The molecule has 1 unspecified atom stereocenters. The molecule has 0 saturated carbocycles. The number of benzene rings is 1. The van der Waals surface area contributed by atoms with E-state index in [-0.39, 0.29) is 11.9 Å². The van der Waals surface area contributed by atoms with Gasteiger partial charge in [-0.25, -0.2) is 4.39 Å². The summed E-state index contributed by atoms with van der Waals surface area (Å²) in [4.78, 5) is 0. The van der Waals surface area contributed by atoms with Crippen LogP contribution in [-0.2, 0) is 13.0 Å². The van der Waals surface area contributed by atoms with Crippen LogP contribution in [-0.4, -0.2) is 9.78 Å². The van der Waals surface area contributed by atoms with Crippen LogP contribution >= 0.6 is 31.9 Å². The summed E-state index contributed by atoms with van der Waals surface area (Å²) < 4.78 is 16.9. The van der Waals surface area contributed by atoms with Crippen LogP contribution in [0.15, 0.2) is 27.1 Å². The van der Waals surface area contributed by atoms with Crippen LogP contribution in [0.25, 0.3) is 0 Å². The molecule has 0 aliphatic heterocycles. The minimum absolute atomic E-state index is 0.141. The van der Waals surface area contributed by atoms with Crippen molar-refractivity contribution in [1.82, 2.24) is 15.2 Å². The van der Waals surface area contributed by atoms with Gasteiger partial charge >= 0.3 is 0 Å². The average molecular weight is 420 g/mol. The van der Waals surface area contributed by atoms with Crippen LogP contribution in [0.3, 0.4) is 0 Å². The van der Waals surface area contributed by atoms with E-state index < -0.39 is 0 Å². The minimum atomic E-state index is -0.281. The van der Waals surface area contributed by atoms with Gasteiger partial charge in [-0.2, -0.15) is 5.10 Å². The topological polar surface area (TPSA) is 55.9 Å². The summed E-state index contributed by atoms with van der Waals surface area (Å²) in [6.45, 7) is 4.78. The summed E-state index contributed by atoms with van der Waals surface area (Å²) in [5, 5.41) is 4.48. The highest BCUT2D eigenvalue weighted by atomic mass is 79.9. The molecule has 0 aliphatic rings. The number of hydrogen-bond acceptors (Lipinski definition) is 3. The zero-order valence-corrected chi connectivity index (χ0v) is 15.0. The summed E-state index contributed by atoms with van der Waals surface area (Å²) in [5.74, 6) is 5.42. The Hall–Kier alpha value is -0.760. The Morgan fingerprint density at radius 1 is 1.43 bits per heavy atom. The van der Waals surface area contributed by atoms with Crippen molar-refractivity contribution in [2.45, 2.75) is 32.9 Å². The first kappa shape index (κ1) is 16.6. The molecule has 21 heavy (non-hydrogen) atoms. The van der Waals surface area contributed by atoms with Gasteiger partial charge in [-0.05, 0) is 47.5 Å². The Kier molecular flexibility index (Phi) is 5.54. The van der Waals surface area contributed by atoms with Gasteiger partial charge in [0.05, 0.1) is 21.9 Å². The predicted octanol–water partition coefficient (Wildman–Crippen LogP) is 3.62. The number of nitrogens with two attached hydrogens (primary N) is 1. The standard InChI is InChI=1S/C14H17Br2FN4/c1-3-21-13(14(16)8(2)20-21)7-12(19-18)10-5-4-9(17)6-11(10)15/h4-6,12,19H,3,7,18H2,1-2H3. The number of hydrazine groups is 1. The highest BCUT2D eigenvalue weighted by molar-refractivity contribution is 9.10. The number of aryl methyl sites for hydroxylation is 2. The molecule has 2 aromatic rings. The average Bonchev–Trinajstić information content (AvgIpc) is 2.72. The van der Waals surface area contributed by atoms with Crippen molar-refractivity contribution in [3.05, 3.63) is 49.9 Å². The molecule has 3 N–H and O–H groups in total. The van der Waals surface area contributed by atoms with Crippen LogP contribution in [0.2, 0.25) is 0 Å². The van der Waals surface area contributed by atoms with E-state index >= 15 is 0 Å². The van der Waals surface area contributed by atoms with E-state index in [1.807, 2.05) is 18.5 Å². The summed E-state index contributed by atoms with van der Waals surface area (Å²) in [6.07, 6.45) is 0.649. The second kappa shape index (κ2) is 7.00. The molecule has 1 aromatic heterocycles. The highest BCUT2D eigenvalue weighted by Gasteiger charge is 2.20. The monoisotopic (exact) mass is 418 g/mol. The Balaban J connectivity index is 2.35. The molecule has 0 aliphatic carbocycles. The predicted molar refractivity (Wildman–Crippen MR) is 88.2 cm³/mol. The molecule has 1 heterocycles. The maximum atomic E-state index is 13.2. The van der Waals surface area contributed by atoms with Gasteiger partial charge in [0.25, 0.3) is 0 Å². The number of rotatable bonds is 5. The third kappa shape index (κ3) is 3.53. The van der Waals surface area contributed by atoms with Crippen molar-refractivity contribution < 1.29 is 4.39 Å². The number of nitrogens with one attached hydrogen (secondary N) is 1. The van der Waals surface area contributed by atoms with Gasteiger partial charge in [-0.1, -0.05) is 22.0 Å². The summed E-state index contributed by atoms with van der Waals surface area (Å²) in [5.41, 5.74) is 5.72. The molecular formula is C14H17Br2FN4. The normalized spacial score (nSPS) is 12.7. The van der Waals surface area contributed by atoms with Crippen LogP contribution in [0, 0.1) is 12.7 Å². The number of aromatic nitrogens is 2. The molecule has 4 nitrogen and oxygen atoms in total. The third-order valence-corrected chi connectivity index (χ3v) is 5.11. The van der Waals surface area contributed by atoms with Gasteiger partial charge < -0.3 is 0 Å². The number of halogens is 3. The van der Waals surface area contributed by atoms with E-state index in [2.05, 4.69) is 42.4 Å². The van der Waals surface area contributed by atoms with Gasteiger partial charge in [0.15, 0.2) is 0 Å². The molecule has 0 bridgehead atoms. The second-order valence-electron chi connectivity index (χ2n) is 4.75. The number of hydrogen-bond donors (Lipinski definition) is 2. The zero-order valence-electron chi connectivity index (χ0n) is 11.8. The van der Waals surface area contributed by atoms with Crippen molar-refractivity contribution in [1.29, 1.82) is 0 Å². The van der Waals surface area contributed by atoms with Crippen molar-refractivity contribution in [3.8, 4) is 0 Å². The van der Waals surface area contributed by atoms with Gasteiger partial charge in [0.2, 0.25) is 0 Å². The van der Waals surface area contributed by atoms with E-state index in [1.54, 1.807) is 6.07 Å². The molecule has 114 valence electrons. The van der Waals surface area contributed by atoms with E-state index in [4.69, 9.17) is 5.84 Å². The lowest BCUT2D eigenvalue weighted by Crippen LogP contribution is -2.30. The van der Waals surface area contributed by atoms with Crippen LogP contribution in [0.5, 0.6) is 0 Å². The van der Waals surface area contributed by atoms with E-state index in [0.29, 0.717) is 10.9 Å². The quantitative estimate of drug-likeness (QED) is 0.574. The maximum Gasteiger partial charge on any atom is 0.124 e. The largest absolute Gasteiger partial charge is 0.271 e. The first-order chi connectivity index (χ1) is 9.97. The van der Waals surface area contributed by atoms with Gasteiger partial charge in [-0.3, -0.25) is 16.0 Å². The summed E-state index contributed by atoms with van der Waals surface area (Å²) >= 11 is 6.97. The van der Waals surface area contributed by atoms with Crippen molar-refractivity contribution in [3.63, 3.8) is 0 Å². The lowest BCUT2D eigenvalue weighted by Gasteiger charge is -2.19. The second-order valence-corrected chi connectivity index (χ2v) is 6.40. The Bertz CT molecular complexity index is 642. The van der Waals surface area contributed by atoms with Crippen LogP contribution in [0.1, 0.15) is 29.9 Å². The van der Waals surface area contributed by atoms with E-state index in [0.717, 1.165) is 28.0 Å². The Morgan fingerprint density at radius 2 is 2.14 bits per heavy atom. The van der Waals surface area contributed by atoms with Crippen LogP contribution < -0.4 is 11.3 Å². The SMILES string of the molecule is CCn1nc(C)c(Br)c1CC(NN)c1ccc(F)cc1Br. The van der Waals surface area contributed by atoms with Crippen molar-refractivity contribution in [2.75, 3.05) is 0 Å². The van der Waals surface area contributed by atoms with Gasteiger partial charge in [-0.15, -0.1) is 0 Å². The molecule has 7 heteroatoms. The highest BCUT2D eigenvalue weighted by Crippen LogP contribution is 2.30. The summed E-state index contributed by atoms with van der Waals surface area (Å²) in [6, 6.07) is 4.47. The van der Waals surface area contributed by atoms with Gasteiger partial charge in [0.1, 0.15) is 5.82 Å². The fraction of sp³-hybridized carbons (Fsp3) is 0.357. The first-order valence-corrected chi connectivity index (χ1v) is 8.19. The molecule has 0 fully saturated rings. The molecule has 0 radical (unpaired) electrons. The Labute approximate surface area is 140 Å². The molecule has 0 spiro atoms. The van der Waals surface area contributed by atoms with Crippen molar-refractivity contribution in [2.24, 2.45) is 5.84 Å². The Morgan fingerprint density at radius 3 is 2.71 bits per heavy atom. The molecule has 1 aromatic carbocycles. The lowest BCUT2D eigenvalue weighted by atomic mass is 10.0. The fourth-order valence-corrected chi connectivity index (χ4v) is 3.37.